The maximum absolute atomic E-state index is 12.4. The number of carbonyl (C=O) groups excluding carboxylic acids is 1. The first-order valence-electron chi connectivity index (χ1n) is 7.69. The smallest absolute Gasteiger partial charge is 0.387 e. The molecule has 1 aromatic carbocycles. The van der Waals surface area contributed by atoms with Crippen LogP contribution in [0.25, 0.3) is 10.9 Å². The number of benzene rings is 1. The van der Waals surface area contributed by atoms with E-state index < -0.39 is 6.61 Å². The van der Waals surface area contributed by atoms with Gasteiger partial charge in [0.05, 0.1) is 0 Å². The van der Waals surface area contributed by atoms with Crippen LogP contribution in [0.1, 0.15) is 23.3 Å². The van der Waals surface area contributed by atoms with Gasteiger partial charge in [-0.2, -0.15) is 8.78 Å². The number of halogens is 2. The number of alkyl halides is 2. The summed E-state index contributed by atoms with van der Waals surface area (Å²) >= 11 is 0. The Hall–Kier alpha value is -2.15. The van der Waals surface area contributed by atoms with Crippen LogP contribution in [0.3, 0.4) is 0 Å². The third-order valence-electron chi connectivity index (χ3n) is 4.04. The zero-order valence-electron chi connectivity index (χ0n) is 12.6. The second kappa shape index (κ2) is 6.95. The Labute approximate surface area is 132 Å². The summed E-state index contributed by atoms with van der Waals surface area (Å²) in [6.45, 7) is -0.369. The van der Waals surface area contributed by atoms with Crippen LogP contribution in [-0.2, 0) is 0 Å². The number of hydrogen-bond acceptors (Lipinski definition) is 3. The van der Waals surface area contributed by atoms with Crippen LogP contribution >= 0.6 is 0 Å². The second-order valence-corrected chi connectivity index (χ2v) is 5.70. The molecular formula is C16H19F2N3O2. The minimum absolute atomic E-state index is 0.0595. The van der Waals surface area contributed by atoms with Crippen LogP contribution in [0.2, 0.25) is 0 Å². The molecule has 1 aliphatic heterocycles. The number of aromatic nitrogens is 1. The maximum Gasteiger partial charge on any atom is 0.387 e. The van der Waals surface area contributed by atoms with E-state index in [0.29, 0.717) is 29.1 Å². The van der Waals surface area contributed by atoms with Gasteiger partial charge in [0.2, 0.25) is 0 Å². The average Bonchev–Trinajstić information content (AvgIpc) is 2.98. The van der Waals surface area contributed by atoms with Gasteiger partial charge in [-0.1, -0.05) is 6.07 Å². The minimum Gasteiger partial charge on any atom is -0.434 e. The SMILES string of the molecule is O=C(NCC1CCCNC1)c1cc2c(OC(F)F)cccc2[nH]1. The van der Waals surface area contributed by atoms with Crippen LogP contribution in [-0.4, -0.2) is 37.1 Å². The zero-order valence-corrected chi connectivity index (χ0v) is 12.6. The molecule has 1 fully saturated rings. The van der Waals surface area contributed by atoms with E-state index in [0.717, 1.165) is 25.9 Å². The van der Waals surface area contributed by atoms with Crippen molar-refractivity contribution in [3.63, 3.8) is 0 Å². The molecule has 1 aromatic heterocycles. The Morgan fingerprint density at radius 2 is 2.30 bits per heavy atom. The first-order valence-corrected chi connectivity index (χ1v) is 7.69. The van der Waals surface area contributed by atoms with Gasteiger partial charge >= 0.3 is 6.61 Å². The molecule has 2 heterocycles. The Bertz CT molecular complexity index is 681. The lowest BCUT2D eigenvalue weighted by atomic mass is 10.00. The van der Waals surface area contributed by atoms with Gasteiger partial charge in [-0.3, -0.25) is 4.79 Å². The van der Waals surface area contributed by atoms with E-state index in [-0.39, 0.29) is 11.7 Å². The fourth-order valence-electron chi connectivity index (χ4n) is 2.88. The van der Waals surface area contributed by atoms with Crippen molar-refractivity contribution in [3.05, 3.63) is 30.0 Å². The summed E-state index contributed by atoms with van der Waals surface area (Å²) in [7, 11) is 0. The highest BCUT2D eigenvalue weighted by Crippen LogP contribution is 2.27. The number of piperidine rings is 1. The number of carbonyl (C=O) groups is 1. The van der Waals surface area contributed by atoms with E-state index in [2.05, 4.69) is 20.4 Å². The molecule has 1 amide bonds. The Morgan fingerprint density at radius 1 is 1.43 bits per heavy atom. The van der Waals surface area contributed by atoms with Gasteiger partial charge in [0.15, 0.2) is 0 Å². The molecule has 1 saturated heterocycles. The molecule has 2 aromatic rings. The summed E-state index contributed by atoms with van der Waals surface area (Å²) < 4.78 is 29.3. The number of nitrogens with one attached hydrogen (secondary N) is 3. The van der Waals surface area contributed by atoms with E-state index in [1.54, 1.807) is 18.2 Å². The lowest BCUT2D eigenvalue weighted by Crippen LogP contribution is -2.38. The van der Waals surface area contributed by atoms with Crippen molar-refractivity contribution in [3.8, 4) is 5.75 Å². The Kier molecular flexibility index (Phi) is 4.76. The average molecular weight is 323 g/mol. The van der Waals surface area contributed by atoms with E-state index in [1.807, 2.05) is 0 Å². The van der Waals surface area contributed by atoms with E-state index in [4.69, 9.17) is 0 Å². The van der Waals surface area contributed by atoms with Crippen molar-refractivity contribution in [1.82, 2.24) is 15.6 Å². The first-order chi connectivity index (χ1) is 11.1. The molecule has 3 N–H and O–H groups in total. The fourth-order valence-corrected chi connectivity index (χ4v) is 2.88. The summed E-state index contributed by atoms with van der Waals surface area (Å²) in [6, 6.07) is 6.32. The first kappa shape index (κ1) is 15.7. The number of rotatable bonds is 5. The van der Waals surface area contributed by atoms with Crippen molar-refractivity contribution >= 4 is 16.8 Å². The summed E-state index contributed by atoms with van der Waals surface area (Å²) in [4.78, 5) is 15.2. The van der Waals surface area contributed by atoms with E-state index >= 15 is 0 Å². The van der Waals surface area contributed by atoms with Gasteiger partial charge in [0.1, 0.15) is 11.4 Å². The normalized spacial score (nSPS) is 18.3. The number of H-pyrrole nitrogens is 1. The van der Waals surface area contributed by atoms with Crippen LogP contribution in [0, 0.1) is 5.92 Å². The summed E-state index contributed by atoms with van der Waals surface area (Å²) in [6.07, 6.45) is 2.20. The molecule has 1 aliphatic rings. The van der Waals surface area contributed by atoms with Crippen molar-refractivity contribution in [2.75, 3.05) is 19.6 Å². The summed E-state index contributed by atoms with van der Waals surface area (Å²) in [5, 5.41) is 6.66. The lowest BCUT2D eigenvalue weighted by Gasteiger charge is -2.22. The third-order valence-corrected chi connectivity index (χ3v) is 4.04. The molecule has 5 nitrogen and oxygen atoms in total. The summed E-state index contributed by atoms with van der Waals surface area (Å²) in [5.74, 6) is 0.244. The molecule has 7 heteroatoms. The molecule has 1 atom stereocenters. The van der Waals surface area contributed by atoms with Crippen LogP contribution in [0.15, 0.2) is 24.3 Å². The monoisotopic (exact) mass is 323 g/mol. The molecule has 0 bridgehead atoms. The maximum atomic E-state index is 12.4. The highest BCUT2D eigenvalue weighted by molar-refractivity contribution is 5.99. The van der Waals surface area contributed by atoms with Crippen molar-refractivity contribution < 1.29 is 18.3 Å². The van der Waals surface area contributed by atoms with Crippen LogP contribution < -0.4 is 15.4 Å². The lowest BCUT2D eigenvalue weighted by molar-refractivity contribution is -0.0487. The van der Waals surface area contributed by atoms with Crippen molar-refractivity contribution in [2.45, 2.75) is 19.5 Å². The minimum atomic E-state index is -2.90. The number of amides is 1. The highest BCUT2D eigenvalue weighted by atomic mass is 19.3. The van der Waals surface area contributed by atoms with E-state index in [9.17, 15) is 13.6 Å². The molecule has 0 aliphatic carbocycles. The molecule has 124 valence electrons. The molecule has 23 heavy (non-hydrogen) atoms. The molecule has 3 rings (SSSR count). The topological polar surface area (TPSA) is 66.2 Å². The van der Waals surface area contributed by atoms with Crippen molar-refractivity contribution in [1.29, 1.82) is 0 Å². The quantitative estimate of drug-likeness (QED) is 0.792. The molecule has 1 unspecified atom stereocenters. The molecule has 0 spiro atoms. The number of aromatic amines is 1. The third kappa shape index (κ3) is 3.79. The number of hydrogen-bond donors (Lipinski definition) is 3. The molecular weight excluding hydrogens is 304 g/mol. The highest BCUT2D eigenvalue weighted by Gasteiger charge is 2.17. The van der Waals surface area contributed by atoms with E-state index in [1.165, 1.54) is 6.07 Å². The summed E-state index contributed by atoms with van der Waals surface area (Å²) in [5.41, 5.74) is 0.932. The predicted octanol–water partition coefficient (Wildman–Crippen LogP) is 2.50. The van der Waals surface area contributed by atoms with Gasteiger partial charge in [0, 0.05) is 17.4 Å². The van der Waals surface area contributed by atoms with Gasteiger partial charge in [-0.15, -0.1) is 0 Å². The largest absolute Gasteiger partial charge is 0.434 e. The second-order valence-electron chi connectivity index (χ2n) is 5.70. The van der Waals surface area contributed by atoms with Gasteiger partial charge in [0.25, 0.3) is 5.91 Å². The fraction of sp³-hybridized carbons (Fsp3) is 0.438. The van der Waals surface area contributed by atoms with Crippen LogP contribution in [0.5, 0.6) is 5.75 Å². The van der Waals surface area contributed by atoms with Gasteiger partial charge in [-0.05, 0) is 50.0 Å². The number of fused-ring (bicyclic) bond motifs is 1. The van der Waals surface area contributed by atoms with Crippen molar-refractivity contribution in [2.24, 2.45) is 5.92 Å². The Morgan fingerprint density at radius 3 is 3.04 bits per heavy atom. The predicted molar refractivity (Wildman–Crippen MR) is 82.9 cm³/mol. The van der Waals surface area contributed by atoms with Crippen LogP contribution in [0.4, 0.5) is 8.78 Å². The molecule has 0 radical (unpaired) electrons. The van der Waals surface area contributed by atoms with Gasteiger partial charge < -0.3 is 20.4 Å². The Balaban J connectivity index is 1.70. The molecule has 0 saturated carbocycles. The zero-order chi connectivity index (χ0) is 16.2. The standard InChI is InChI=1S/C16H19F2N3O2/c17-16(18)23-14-5-1-4-12-11(14)7-13(21-12)15(22)20-9-10-3-2-6-19-8-10/h1,4-5,7,10,16,19,21H,2-3,6,8-9H2,(H,20,22). The number of ether oxygens (including phenoxy) is 1. The van der Waals surface area contributed by atoms with Gasteiger partial charge in [-0.25, -0.2) is 0 Å².